The zero-order valence-electron chi connectivity index (χ0n) is 9.62. The van der Waals surface area contributed by atoms with Crippen LogP contribution in [0.1, 0.15) is 10.4 Å². The van der Waals surface area contributed by atoms with Gasteiger partial charge in [-0.2, -0.15) is 0 Å². The highest BCUT2D eigenvalue weighted by Gasteiger charge is 2.12. The predicted molar refractivity (Wildman–Crippen MR) is 70.4 cm³/mol. The molecule has 2 aromatic heterocycles. The van der Waals surface area contributed by atoms with E-state index >= 15 is 0 Å². The van der Waals surface area contributed by atoms with Crippen LogP contribution in [0.4, 0.5) is 0 Å². The minimum absolute atomic E-state index is 0.167. The maximum Gasteiger partial charge on any atom is 0.337 e. The van der Waals surface area contributed by atoms with Gasteiger partial charge in [0.25, 0.3) is 0 Å². The molecule has 6 heteroatoms. The third-order valence-corrected chi connectivity index (χ3v) is 3.09. The van der Waals surface area contributed by atoms with Gasteiger partial charge in [-0.05, 0) is 24.3 Å². The molecule has 3 rings (SSSR count). The second-order valence-electron chi connectivity index (χ2n) is 3.95. The summed E-state index contributed by atoms with van der Waals surface area (Å²) in [4.78, 5) is 11.0. The molecule has 0 aliphatic carbocycles. The number of halogens is 1. The molecular formula is C13H8ClN3O2. The Morgan fingerprint density at radius 3 is 2.68 bits per heavy atom. The zero-order valence-corrected chi connectivity index (χ0v) is 10.4. The van der Waals surface area contributed by atoms with Crippen molar-refractivity contribution in [2.75, 3.05) is 0 Å². The Hall–Kier alpha value is -2.40. The molecule has 0 aliphatic rings. The molecule has 0 atom stereocenters. The van der Waals surface area contributed by atoms with Gasteiger partial charge >= 0.3 is 5.97 Å². The molecule has 0 bridgehead atoms. The van der Waals surface area contributed by atoms with Crippen LogP contribution in [0.5, 0.6) is 0 Å². The summed E-state index contributed by atoms with van der Waals surface area (Å²) in [5.41, 5.74) is 1.44. The number of nitrogens with zero attached hydrogens (tertiary/aromatic N) is 3. The van der Waals surface area contributed by atoms with Crippen molar-refractivity contribution in [1.29, 1.82) is 0 Å². The van der Waals surface area contributed by atoms with E-state index in [0.717, 1.165) is 0 Å². The van der Waals surface area contributed by atoms with Crippen molar-refractivity contribution in [3.8, 4) is 11.4 Å². The first kappa shape index (κ1) is 11.7. The summed E-state index contributed by atoms with van der Waals surface area (Å²) >= 11 is 6.12. The number of hydrogen-bond donors (Lipinski definition) is 1. The van der Waals surface area contributed by atoms with Gasteiger partial charge in [0, 0.05) is 11.8 Å². The van der Waals surface area contributed by atoms with Crippen LogP contribution < -0.4 is 0 Å². The summed E-state index contributed by atoms with van der Waals surface area (Å²) in [7, 11) is 0. The van der Waals surface area contributed by atoms with Crippen molar-refractivity contribution in [3.05, 3.63) is 53.2 Å². The van der Waals surface area contributed by atoms with Crippen LogP contribution in [0.15, 0.2) is 42.6 Å². The Bertz CT molecular complexity index is 782. The summed E-state index contributed by atoms with van der Waals surface area (Å²) < 4.78 is 1.62. The highest BCUT2D eigenvalue weighted by Crippen LogP contribution is 2.26. The van der Waals surface area contributed by atoms with Gasteiger partial charge in [-0.3, -0.25) is 4.40 Å². The van der Waals surface area contributed by atoms with Crippen molar-refractivity contribution in [3.63, 3.8) is 0 Å². The second kappa shape index (κ2) is 4.37. The Morgan fingerprint density at radius 1 is 1.16 bits per heavy atom. The Labute approximate surface area is 113 Å². The lowest BCUT2D eigenvalue weighted by Gasteiger charge is -2.03. The highest BCUT2D eigenvalue weighted by molar-refractivity contribution is 6.33. The van der Waals surface area contributed by atoms with Gasteiger partial charge in [-0.15, -0.1) is 10.2 Å². The van der Waals surface area contributed by atoms with Crippen LogP contribution in [-0.4, -0.2) is 25.7 Å². The molecule has 0 spiro atoms. The topological polar surface area (TPSA) is 67.5 Å². The fourth-order valence-electron chi connectivity index (χ4n) is 1.84. The molecular weight excluding hydrogens is 266 g/mol. The first-order valence-corrected chi connectivity index (χ1v) is 5.87. The maximum absolute atomic E-state index is 11.0. The smallest absolute Gasteiger partial charge is 0.337 e. The van der Waals surface area contributed by atoms with Crippen molar-refractivity contribution in [2.45, 2.75) is 0 Å². The van der Waals surface area contributed by atoms with Crippen LogP contribution in [0.3, 0.4) is 0 Å². The molecule has 94 valence electrons. The quantitative estimate of drug-likeness (QED) is 0.779. The van der Waals surface area contributed by atoms with E-state index in [9.17, 15) is 4.79 Å². The fourth-order valence-corrected chi connectivity index (χ4v) is 2.06. The lowest BCUT2D eigenvalue weighted by molar-refractivity contribution is 0.0696. The Kier molecular flexibility index (Phi) is 2.68. The third kappa shape index (κ3) is 1.94. The molecule has 5 nitrogen and oxygen atoms in total. The van der Waals surface area contributed by atoms with Gasteiger partial charge < -0.3 is 5.11 Å². The molecule has 3 aromatic rings. The van der Waals surface area contributed by atoms with E-state index in [4.69, 9.17) is 16.7 Å². The number of benzene rings is 1. The van der Waals surface area contributed by atoms with Crippen LogP contribution in [0.25, 0.3) is 17.0 Å². The number of carboxylic acid groups (broad SMARTS) is 1. The first-order valence-electron chi connectivity index (χ1n) is 5.50. The fraction of sp³-hybridized carbons (Fsp3) is 0. The standard InChI is InChI=1S/C13H8ClN3O2/c14-10-4-2-1-3-9(10)12-16-15-11-6-5-8(13(18)19)7-17(11)12/h1-7H,(H,18,19). The SMILES string of the molecule is O=C(O)c1ccc2nnc(-c3ccccc3Cl)n2c1. The number of pyridine rings is 1. The summed E-state index contributed by atoms with van der Waals surface area (Å²) in [6.45, 7) is 0. The largest absolute Gasteiger partial charge is 0.478 e. The average Bonchev–Trinajstić information content (AvgIpc) is 2.82. The Morgan fingerprint density at radius 2 is 1.95 bits per heavy atom. The predicted octanol–water partition coefficient (Wildman–Crippen LogP) is 2.75. The molecule has 1 aromatic carbocycles. The number of aromatic carboxylic acids is 1. The summed E-state index contributed by atoms with van der Waals surface area (Å²) in [5.74, 6) is -0.482. The van der Waals surface area contributed by atoms with Crippen molar-refractivity contribution < 1.29 is 9.90 Å². The number of hydrogen-bond acceptors (Lipinski definition) is 3. The summed E-state index contributed by atoms with van der Waals surface area (Å²) in [5, 5.41) is 17.6. The van der Waals surface area contributed by atoms with Crippen LogP contribution in [-0.2, 0) is 0 Å². The summed E-state index contributed by atoms with van der Waals surface area (Å²) in [6, 6.07) is 10.3. The van der Waals surface area contributed by atoms with Gasteiger partial charge in [-0.1, -0.05) is 23.7 Å². The third-order valence-electron chi connectivity index (χ3n) is 2.76. The molecule has 2 heterocycles. The van der Waals surface area contributed by atoms with Crippen molar-refractivity contribution in [2.24, 2.45) is 0 Å². The van der Waals surface area contributed by atoms with Gasteiger partial charge in [-0.25, -0.2) is 4.79 Å². The lowest BCUT2D eigenvalue weighted by Crippen LogP contribution is -1.99. The number of rotatable bonds is 2. The highest BCUT2D eigenvalue weighted by atomic mass is 35.5. The van der Waals surface area contributed by atoms with E-state index in [2.05, 4.69) is 10.2 Å². The van der Waals surface area contributed by atoms with E-state index in [1.54, 1.807) is 16.5 Å². The monoisotopic (exact) mass is 273 g/mol. The van der Waals surface area contributed by atoms with E-state index in [1.807, 2.05) is 18.2 Å². The normalized spacial score (nSPS) is 10.8. The maximum atomic E-state index is 11.0. The van der Waals surface area contributed by atoms with Crippen LogP contribution in [0.2, 0.25) is 5.02 Å². The zero-order chi connectivity index (χ0) is 13.4. The van der Waals surface area contributed by atoms with Gasteiger partial charge in [0.2, 0.25) is 0 Å². The van der Waals surface area contributed by atoms with Crippen molar-refractivity contribution in [1.82, 2.24) is 14.6 Å². The molecule has 0 aliphatic heterocycles. The van der Waals surface area contributed by atoms with Crippen molar-refractivity contribution >= 4 is 23.2 Å². The van der Waals surface area contributed by atoms with Gasteiger partial charge in [0.1, 0.15) is 0 Å². The van der Waals surface area contributed by atoms with E-state index < -0.39 is 5.97 Å². The van der Waals surface area contributed by atoms with Gasteiger partial charge in [0.15, 0.2) is 11.5 Å². The van der Waals surface area contributed by atoms with E-state index in [0.29, 0.717) is 22.1 Å². The van der Waals surface area contributed by atoms with E-state index in [1.165, 1.54) is 12.3 Å². The number of aromatic nitrogens is 3. The lowest BCUT2D eigenvalue weighted by atomic mass is 10.2. The second-order valence-corrected chi connectivity index (χ2v) is 4.36. The number of carbonyl (C=O) groups is 1. The number of fused-ring (bicyclic) bond motifs is 1. The summed E-state index contributed by atoms with van der Waals surface area (Å²) in [6.07, 6.45) is 1.48. The molecule has 0 fully saturated rings. The molecule has 19 heavy (non-hydrogen) atoms. The van der Waals surface area contributed by atoms with Gasteiger partial charge in [0.05, 0.1) is 10.6 Å². The molecule has 0 saturated carbocycles. The minimum Gasteiger partial charge on any atom is -0.478 e. The molecule has 0 unspecified atom stereocenters. The minimum atomic E-state index is -0.999. The molecule has 0 radical (unpaired) electrons. The van der Waals surface area contributed by atoms with Crippen LogP contribution >= 0.6 is 11.6 Å². The van der Waals surface area contributed by atoms with E-state index in [-0.39, 0.29) is 5.56 Å². The average molecular weight is 274 g/mol. The first-order chi connectivity index (χ1) is 9.16. The van der Waals surface area contributed by atoms with Crippen LogP contribution in [0, 0.1) is 0 Å². The molecule has 0 amide bonds. The molecule has 0 saturated heterocycles. The Balaban J connectivity index is 2.27. The number of carboxylic acids is 1. The molecule has 1 N–H and O–H groups in total.